The van der Waals surface area contributed by atoms with Gasteiger partial charge in [0.05, 0.1) is 11.2 Å². The molecule has 0 fully saturated rings. The Hall–Kier alpha value is -0.460. The highest BCUT2D eigenvalue weighted by molar-refractivity contribution is 7.78. The molecule has 0 amide bonds. The van der Waals surface area contributed by atoms with Crippen LogP contribution in [0.15, 0.2) is 17.6 Å². The molecule has 1 unspecified atom stereocenters. The van der Waals surface area contributed by atoms with Crippen LogP contribution in [0.2, 0.25) is 0 Å². The molecule has 0 spiro atoms. The number of isothiocyanates is 1. The fourth-order valence-electron chi connectivity index (χ4n) is 0.378. The summed E-state index contributed by atoms with van der Waals surface area (Å²) in [7, 11) is 0. The second-order valence-electron chi connectivity index (χ2n) is 1.43. The lowest BCUT2D eigenvalue weighted by Crippen LogP contribution is -1.93. The van der Waals surface area contributed by atoms with Crippen molar-refractivity contribution in [1.29, 1.82) is 0 Å². The molecule has 0 heterocycles. The molecule has 0 rings (SSSR count). The van der Waals surface area contributed by atoms with Gasteiger partial charge in [0.15, 0.2) is 0 Å². The third-order valence-corrected chi connectivity index (χ3v) is 1.01. The number of aliphatic imine (C=N–C) groups is 1. The van der Waals surface area contributed by atoms with Gasteiger partial charge in [0.2, 0.25) is 0 Å². The van der Waals surface area contributed by atoms with E-state index in [9.17, 15) is 0 Å². The van der Waals surface area contributed by atoms with Gasteiger partial charge in [0.25, 0.3) is 0 Å². The van der Waals surface area contributed by atoms with Crippen molar-refractivity contribution in [3.63, 3.8) is 0 Å². The van der Waals surface area contributed by atoms with E-state index in [2.05, 4.69) is 29.0 Å². The van der Waals surface area contributed by atoms with Crippen molar-refractivity contribution in [3.8, 4) is 0 Å². The molecule has 0 aliphatic carbocycles. The molecule has 0 radical (unpaired) electrons. The van der Waals surface area contributed by atoms with E-state index in [1.54, 1.807) is 6.08 Å². The number of hydrogen-bond acceptors (Lipinski definition) is 2. The van der Waals surface area contributed by atoms with Gasteiger partial charge >= 0.3 is 0 Å². The molecule has 0 aromatic carbocycles. The van der Waals surface area contributed by atoms with Gasteiger partial charge in [-0.15, -0.1) is 6.58 Å². The van der Waals surface area contributed by atoms with E-state index in [0.717, 1.165) is 6.42 Å². The number of hydrogen-bond donors (Lipinski definition) is 0. The molecule has 0 aliphatic rings. The van der Waals surface area contributed by atoms with Gasteiger partial charge in [-0.05, 0) is 18.6 Å². The van der Waals surface area contributed by atoms with Crippen LogP contribution < -0.4 is 0 Å². The van der Waals surface area contributed by atoms with Crippen LogP contribution in [-0.4, -0.2) is 11.2 Å². The van der Waals surface area contributed by atoms with Crippen molar-refractivity contribution >= 4 is 17.4 Å². The fourth-order valence-corrected chi connectivity index (χ4v) is 0.514. The van der Waals surface area contributed by atoms with Crippen LogP contribution >= 0.6 is 12.2 Å². The Labute approximate surface area is 55.1 Å². The summed E-state index contributed by atoms with van der Waals surface area (Å²) in [6.07, 6.45) is 2.71. The topological polar surface area (TPSA) is 12.4 Å². The molecule has 0 aliphatic heterocycles. The number of thiocarbonyl (C=S) groups is 1. The molecular formula is C6H9NS. The highest BCUT2D eigenvalue weighted by Crippen LogP contribution is 1.94. The summed E-state index contributed by atoms with van der Waals surface area (Å²) in [5.41, 5.74) is 0. The Balaban J connectivity index is 3.69. The van der Waals surface area contributed by atoms with Crippen molar-refractivity contribution in [3.05, 3.63) is 12.7 Å². The minimum absolute atomic E-state index is 0.174. The molecule has 0 saturated carbocycles. The first-order valence-electron chi connectivity index (χ1n) is 2.54. The summed E-state index contributed by atoms with van der Waals surface area (Å²) >= 11 is 4.40. The summed E-state index contributed by atoms with van der Waals surface area (Å²) in [6.45, 7) is 5.60. The molecule has 2 heteroatoms. The highest BCUT2D eigenvalue weighted by atomic mass is 32.1. The highest BCUT2D eigenvalue weighted by Gasteiger charge is 1.91. The maximum atomic E-state index is 4.40. The van der Waals surface area contributed by atoms with E-state index in [1.165, 1.54) is 0 Å². The summed E-state index contributed by atoms with van der Waals surface area (Å²) in [5, 5.41) is 2.31. The van der Waals surface area contributed by atoms with Gasteiger partial charge in [-0.2, -0.15) is 0 Å². The van der Waals surface area contributed by atoms with Crippen molar-refractivity contribution in [2.24, 2.45) is 4.99 Å². The van der Waals surface area contributed by atoms with Crippen LogP contribution in [-0.2, 0) is 0 Å². The van der Waals surface area contributed by atoms with E-state index in [0.29, 0.717) is 0 Å². The fraction of sp³-hybridized carbons (Fsp3) is 0.500. The zero-order valence-electron chi connectivity index (χ0n) is 4.92. The summed E-state index contributed by atoms with van der Waals surface area (Å²) in [5.74, 6) is 0. The number of nitrogens with zero attached hydrogens (tertiary/aromatic N) is 1. The van der Waals surface area contributed by atoms with Crippen LogP contribution in [0.4, 0.5) is 0 Å². The zero-order chi connectivity index (χ0) is 6.41. The van der Waals surface area contributed by atoms with Crippen molar-refractivity contribution in [1.82, 2.24) is 0 Å². The Kier molecular flexibility index (Phi) is 4.42. The monoisotopic (exact) mass is 127 g/mol. The molecule has 1 atom stereocenters. The minimum Gasteiger partial charge on any atom is -0.225 e. The average Bonchev–Trinajstić information content (AvgIpc) is 1.83. The molecule has 0 saturated heterocycles. The lowest BCUT2D eigenvalue weighted by molar-refractivity contribution is 0.792. The van der Waals surface area contributed by atoms with Crippen molar-refractivity contribution < 1.29 is 0 Å². The zero-order valence-corrected chi connectivity index (χ0v) is 5.74. The van der Waals surface area contributed by atoms with E-state index in [1.807, 2.05) is 6.92 Å². The standard InChI is InChI=1S/C6H9NS/c1-3-6(4-2)7-5-8/h3,6H,1,4H2,2H3. The Morgan fingerprint density at radius 3 is 2.75 bits per heavy atom. The van der Waals surface area contributed by atoms with Crippen LogP contribution in [0.1, 0.15) is 13.3 Å². The lowest BCUT2D eigenvalue weighted by atomic mass is 10.2. The number of rotatable bonds is 3. The van der Waals surface area contributed by atoms with Crippen LogP contribution in [0.3, 0.4) is 0 Å². The molecule has 0 N–H and O–H groups in total. The van der Waals surface area contributed by atoms with Crippen molar-refractivity contribution in [2.45, 2.75) is 19.4 Å². The van der Waals surface area contributed by atoms with Gasteiger partial charge < -0.3 is 0 Å². The SMILES string of the molecule is C=CC(CC)N=C=S. The van der Waals surface area contributed by atoms with Gasteiger partial charge in [-0.25, -0.2) is 4.99 Å². The normalized spacial score (nSPS) is 11.6. The second-order valence-corrected chi connectivity index (χ2v) is 1.61. The molecule has 0 aromatic rings. The van der Waals surface area contributed by atoms with Crippen LogP contribution in [0, 0.1) is 0 Å². The largest absolute Gasteiger partial charge is 0.225 e. The van der Waals surface area contributed by atoms with Gasteiger partial charge in [-0.1, -0.05) is 13.0 Å². The molecule has 0 bridgehead atoms. The van der Waals surface area contributed by atoms with Crippen LogP contribution in [0.5, 0.6) is 0 Å². The first-order chi connectivity index (χ1) is 3.85. The predicted molar refractivity (Wildman–Crippen MR) is 39.3 cm³/mol. The Morgan fingerprint density at radius 2 is 2.62 bits per heavy atom. The Bertz CT molecular complexity index is 114. The first kappa shape index (κ1) is 7.54. The second kappa shape index (κ2) is 4.69. The molecule has 44 valence electrons. The van der Waals surface area contributed by atoms with E-state index in [-0.39, 0.29) is 6.04 Å². The average molecular weight is 127 g/mol. The predicted octanol–water partition coefficient (Wildman–Crippen LogP) is 2.05. The van der Waals surface area contributed by atoms with E-state index in [4.69, 9.17) is 0 Å². The first-order valence-corrected chi connectivity index (χ1v) is 2.95. The smallest absolute Gasteiger partial charge is 0.0777 e. The molecule has 8 heavy (non-hydrogen) atoms. The summed E-state index contributed by atoms with van der Waals surface area (Å²) in [6, 6.07) is 0.174. The van der Waals surface area contributed by atoms with Crippen molar-refractivity contribution in [2.75, 3.05) is 0 Å². The third kappa shape index (κ3) is 2.67. The quantitative estimate of drug-likeness (QED) is 0.321. The molecular weight excluding hydrogens is 118 g/mol. The third-order valence-electron chi connectivity index (χ3n) is 0.909. The maximum Gasteiger partial charge on any atom is 0.0777 e. The summed E-state index contributed by atoms with van der Waals surface area (Å²) in [4.78, 5) is 3.81. The van der Waals surface area contributed by atoms with Gasteiger partial charge in [0, 0.05) is 0 Å². The minimum atomic E-state index is 0.174. The summed E-state index contributed by atoms with van der Waals surface area (Å²) < 4.78 is 0. The van der Waals surface area contributed by atoms with E-state index >= 15 is 0 Å². The van der Waals surface area contributed by atoms with Gasteiger partial charge in [0.1, 0.15) is 0 Å². The van der Waals surface area contributed by atoms with E-state index < -0.39 is 0 Å². The van der Waals surface area contributed by atoms with Gasteiger partial charge in [-0.3, -0.25) is 0 Å². The molecule has 0 aromatic heterocycles. The Morgan fingerprint density at radius 1 is 2.00 bits per heavy atom. The lowest BCUT2D eigenvalue weighted by Gasteiger charge is -1.95. The van der Waals surface area contributed by atoms with Crippen LogP contribution in [0.25, 0.3) is 0 Å². The maximum absolute atomic E-state index is 4.40. The molecule has 1 nitrogen and oxygen atoms in total.